The van der Waals surface area contributed by atoms with Gasteiger partial charge < -0.3 is 15.0 Å². The molecule has 0 spiro atoms. The third-order valence-electron chi connectivity index (χ3n) is 4.23. The van der Waals surface area contributed by atoms with Crippen LogP contribution >= 0.6 is 11.8 Å². The normalized spacial score (nSPS) is 19.6. The van der Waals surface area contributed by atoms with Gasteiger partial charge in [-0.05, 0) is 57.6 Å². The van der Waals surface area contributed by atoms with Crippen molar-refractivity contribution in [3.8, 4) is 0 Å². The summed E-state index contributed by atoms with van der Waals surface area (Å²) in [5.41, 5.74) is -0.458. The molecule has 1 N–H and O–H groups in total. The zero-order chi connectivity index (χ0) is 19.0. The highest BCUT2D eigenvalue weighted by Gasteiger charge is 2.28. The molecule has 5 nitrogen and oxygen atoms in total. The van der Waals surface area contributed by atoms with Crippen molar-refractivity contribution < 1.29 is 14.3 Å². The molecule has 146 valence electrons. The zero-order valence-electron chi connectivity index (χ0n) is 16.8. The van der Waals surface area contributed by atoms with Crippen LogP contribution in [0.4, 0.5) is 4.79 Å². The van der Waals surface area contributed by atoms with Gasteiger partial charge in [0.1, 0.15) is 5.60 Å². The first-order valence-corrected chi connectivity index (χ1v) is 10.6. The van der Waals surface area contributed by atoms with Gasteiger partial charge in [0, 0.05) is 19.6 Å². The topological polar surface area (TPSA) is 58.6 Å². The van der Waals surface area contributed by atoms with Crippen molar-refractivity contribution in [2.45, 2.75) is 71.7 Å². The molecule has 1 fully saturated rings. The fraction of sp³-hybridized carbons (Fsp3) is 0.895. The first-order chi connectivity index (χ1) is 11.6. The molecule has 0 aliphatic carbocycles. The minimum absolute atomic E-state index is 0.0228. The minimum atomic E-state index is -0.458. The van der Waals surface area contributed by atoms with Crippen LogP contribution < -0.4 is 5.32 Å². The molecule has 0 saturated carbocycles. The molecule has 1 heterocycles. The van der Waals surface area contributed by atoms with Gasteiger partial charge in [0.15, 0.2) is 0 Å². The van der Waals surface area contributed by atoms with Crippen molar-refractivity contribution >= 4 is 23.8 Å². The van der Waals surface area contributed by atoms with Gasteiger partial charge >= 0.3 is 6.09 Å². The molecule has 2 amide bonds. The average molecular weight is 373 g/mol. The third-order valence-corrected chi connectivity index (χ3v) is 5.68. The lowest BCUT2D eigenvalue weighted by Gasteiger charge is -2.34. The average Bonchev–Trinajstić information content (AvgIpc) is 2.50. The van der Waals surface area contributed by atoms with Crippen LogP contribution in [-0.4, -0.2) is 53.1 Å². The molecular weight excluding hydrogens is 336 g/mol. The van der Waals surface area contributed by atoms with Gasteiger partial charge in [-0.1, -0.05) is 20.8 Å². The van der Waals surface area contributed by atoms with Crippen LogP contribution in [0.1, 0.15) is 60.8 Å². The van der Waals surface area contributed by atoms with E-state index >= 15 is 0 Å². The maximum Gasteiger partial charge on any atom is 0.410 e. The van der Waals surface area contributed by atoms with E-state index < -0.39 is 5.60 Å². The predicted molar refractivity (Wildman–Crippen MR) is 105 cm³/mol. The highest BCUT2D eigenvalue weighted by Crippen LogP contribution is 2.22. The van der Waals surface area contributed by atoms with Crippen LogP contribution in [0.3, 0.4) is 0 Å². The van der Waals surface area contributed by atoms with Gasteiger partial charge in [0.05, 0.1) is 5.25 Å². The molecule has 1 saturated heterocycles. The largest absolute Gasteiger partial charge is 0.444 e. The number of rotatable bonds is 7. The van der Waals surface area contributed by atoms with E-state index in [0.29, 0.717) is 18.4 Å². The van der Waals surface area contributed by atoms with E-state index in [9.17, 15) is 9.59 Å². The Morgan fingerprint density at radius 3 is 2.56 bits per heavy atom. The number of amides is 2. The number of nitrogens with zero attached hydrogens (tertiary/aromatic N) is 1. The van der Waals surface area contributed by atoms with E-state index in [-0.39, 0.29) is 17.3 Å². The monoisotopic (exact) mass is 372 g/mol. The lowest BCUT2D eigenvalue weighted by Crippen LogP contribution is -2.44. The molecule has 0 bridgehead atoms. The molecule has 1 aliphatic rings. The number of ether oxygens (including phenoxy) is 1. The summed E-state index contributed by atoms with van der Waals surface area (Å²) in [6.45, 7) is 14.1. The Hall–Kier alpha value is -0.910. The van der Waals surface area contributed by atoms with Crippen molar-refractivity contribution in [3.05, 3.63) is 0 Å². The van der Waals surface area contributed by atoms with E-state index in [2.05, 4.69) is 26.1 Å². The van der Waals surface area contributed by atoms with Crippen molar-refractivity contribution in [2.24, 2.45) is 11.8 Å². The predicted octanol–water partition coefficient (Wildman–Crippen LogP) is 3.92. The van der Waals surface area contributed by atoms with E-state index in [4.69, 9.17) is 4.74 Å². The Morgan fingerprint density at radius 2 is 2.00 bits per heavy atom. The Balaban J connectivity index is 2.39. The summed E-state index contributed by atoms with van der Waals surface area (Å²) in [6.07, 6.45) is 2.79. The van der Waals surface area contributed by atoms with Gasteiger partial charge in [-0.15, -0.1) is 11.8 Å². The minimum Gasteiger partial charge on any atom is -0.444 e. The highest BCUT2D eigenvalue weighted by molar-refractivity contribution is 8.00. The number of carbonyl (C=O) groups excluding carboxylic acids is 2. The van der Waals surface area contributed by atoms with Crippen molar-refractivity contribution in [1.29, 1.82) is 0 Å². The van der Waals surface area contributed by atoms with Crippen LogP contribution in [-0.2, 0) is 9.53 Å². The summed E-state index contributed by atoms with van der Waals surface area (Å²) in [6, 6.07) is 0. The maximum atomic E-state index is 12.3. The summed E-state index contributed by atoms with van der Waals surface area (Å²) in [5.74, 6) is 1.85. The standard InChI is InChI=1S/C19H36N2O3S/c1-7-25-16(14(2)3)17(22)20-11-10-15-9-8-12-21(13-15)18(23)24-19(4,5)6/h14-16H,7-13H2,1-6H3,(H,20,22). The maximum absolute atomic E-state index is 12.3. The summed E-state index contributed by atoms with van der Waals surface area (Å²) < 4.78 is 5.47. The molecule has 25 heavy (non-hydrogen) atoms. The second kappa shape index (κ2) is 10.3. The quantitative estimate of drug-likeness (QED) is 0.736. The number of thioether (sulfide) groups is 1. The Kier molecular flexibility index (Phi) is 9.11. The lowest BCUT2D eigenvalue weighted by atomic mass is 9.95. The van der Waals surface area contributed by atoms with E-state index in [1.807, 2.05) is 25.7 Å². The smallest absolute Gasteiger partial charge is 0.410 e. The van der Waals surface area contributed by atoms with Gasteiger partial charge in [-0.25, -0.2) is 4.79 Å². The van der Waals surface area contributed by atoms with Gasteiger partial charge in [-0.2, -0.15) is 0 Å². The number of hydrogen-bond acceptors (Lipinski definition) is 4. The first kappa shape index (κ1) is 22.1. The Bertz CT molecular complexity index is 435. The van der Waals surface area contributed by atoms with E-state index in [0.717, 1.165) is 38.1 Å². The van der Waals surface area contributed by atoms with E-state index in [1.54, 1.807) is 11.8 Å². The fourth-order valence-corrected chi connectivity index (χ4v) is 4.02. The second-order valence-electron chi connectivity index (χ2n) is 8.13. The molecule has 0 aromatic carbocycles. The van der Waals surface area contributed by atoms with E-state index in [1.165, 1.54) is 0 Å². The van der Waals surface area contributed by atoms with Crippen LogP contribution in [0.15, 0.2) is 0 Å². The summed E-state index contributed by atoms with van der Waals surface area (Å²) >= 11 is 1.71. The van der Waals surface area contributed by atoms with Crippen molar-refractivity contribution in [3.63, 3.8) is 0 Å². The zero-order valence-corrected chi connectivity index (χ0v) is 17.6. The molecular formula is C19H36N2O3S. The third kappa shape index (κ3) is 8.34. The second-order valence-corrected chi connectivity index (χ2v) is 9.55. The molecule has 1 rings (SSSR count). The number of likely N-dealkylation sites (tertiary alicyclic amines) is 1. The summed E-state index contributed by atoms with van der Waals surface area (Å²) in [5, 5.41) is 3.11. The Morgan fingerprint density at radius 1 is 1.32 bits per heavy atom. The van der Waals surface area contributed by atoms with Crippen molar-refractivity contribution in [2.75, 3.05) is 25.4 Å². The molecule has 0 aromatic heterocycles. The Labute approximate surface area is 157 Å². The SMILES string of the molecule is CCSC(C(=O)NCCC1CCCN(C(=O)OC(C)(C)C)C1)C(C)C. The molecule has 0 radical (unpaired) electrons. The van der Waals surface area contributed by atoms with Gasteiger partial charge in [-0.3, -0.25) is 4.79 Å². The summed E-state index contributed by atoms with van der Waals surface area (Å²) in [4.78, 5) is 26.3. The molecule has 2 atom stereocenters. The lowest BCUT2D eigenvalue weighted by molar-refractivity contribution is -0.121. The molecule has 1 aliphatic heterocycles. The summed E-state index contributed by atoms with van der Waals surface area (Å²) in [7, 11) is 0. The van der Waals surface area contributed by atoms with Crippen LogP contribution in [0.2, 0.25) is 0 Å². The van der Waals surface area contributed by atoms with Crippen molar-refractivity contribution in [1.82, 2.24) is 10.2 Å². The number of carbonyl (C=O) groups is 2. The van der Waals surface area contributed by atoms with Gasteiger partial charge in [0.2, 0.25) is 5.91 Å². The fourth-order valence-electron chi connectivity index (χ4n) is 3.04. The number of piperidine rings is 1. The molecule has 6 heteroatoms. The highest BCUT2D eigenvalue weighted by atomic mass is 32.2. The molecule has 0 aromatic rings. The van der Waals surface area contributed by atoms with Crippen LogP contribution in [0.5, 0.6) is 0 Å². The van der Waals surface area contributed by atoms with Gasteiger partial charge in [0.25, 0.3) is 0 Å². The first-order valence-electron chi connectivity index (χ1n) is 9.51. The number of hydrogen-bond donors (Lipinski definition) is 1. The van der Waals surface area contributed by atoms with Crippen LogP contribution in [0, 0.1) is 11.8 Å². The van der Waals surface area contributed by atoms with Crippen LogP contribution in [0.25, 0.3) is 0 Å². The molecule has 2 unspecified atom stereocenters. The number of nitrogens with one attached hydrogen (secondary N) is 1.